The van der Waals surface area contributed by atoms with Crippen LogP contribution in [-0.2, 0) is 4.79 Å². The van der Waals surface area contributed by atoms with Crippen LogP contribution >= 0.6 is 0 Å². The molecule has 3 heteroatoms. The summed E-state index contributed by atoms with van der Waals surface area (Å²) in [5.74, 6) is 0.111. The van der Waals surface area contributed by atoms with Crippen LogP contribution < -0.4 is 5.32 Å². The third-order valence-corrected chi connectivity index (χ3v) is 2.96. The van der Waals surface area contributed by atoms with E-state index in [2.05, 4.69) is 11.4 Å². The fourth-order valence-electron chi connectivity index (χ4n) is 1.47. The molecule has 0 radical (unpaired) electrons. The molecule has 0 spiro atoms. The number of hydrogen-bond acceptors (Lipinski definition) is 2. The third kappa shape index (κ3) is 3.60. The number of hydrogen-bond donors (Lipinski definition) is 1. The fraction of sp³-hybridized carbons (Fsp3) is 0.429. The van der Waals surface area contributed by atoms with E-state index < -0.39 is 0 Å². The Morgan fingerprint density at radius 1 is 1.35 bits per heavy atom. The number of rotatable bonds is 4. The van der Waals surface area contributed by atoms with Crippen LogP contribution in [0.4, 0.5) is 0 Å². The number of benzene rings is 1. The van der Waals surface area contributed by atoms with E-state index in [9.17, 15) is 4.79 Å². The molecule has 0 aliphatic carbocycles. The van der Waals surface area contributed by atoms with Gasteiger partial charge in [-0.1, -0.05) is 26.0 Å². The molecule has 17 heavy (non-hydrogen) atoms. The molecule has 0 fully saturated rings. The first kappa shape index (κ1) is 13.2. The van der Waals surface area contributed by atoms with Crippen molar-refractivity contribution in [2.24, 2.45) is 5.92 Å². The van der Waals surface area contributed by atoms with Gasteiger partial charge in [-0.2, -0.15) is 5.26 Å². The standard InChI is InChI=1S/C14H18N2O/c1-4-10(2)14(17)16-11(3)13-7-5-12(9-15)6-8-13/h5-8,10-11H,4H2,1-3H3,(H,16,17). The van der Waals surface area contributed by atoms with Crippen molar-refractivity contribution < 1.29 is 4.79 Å². The van der Waals surface area contributed by atoms with E-state index >= 15 is 0 Å². The molecule has 0 saturated carbocycles. The lowest BCUT2D eigenvalue weighted by Crippen LogP contribution is -2.31. The summed E-state index contributed by atoms with van der Waals surface area (Å²) in [5, 5.41) is 11.7. The zero-order chi connectivity index (χ0) is 12.8. The van der Waals surface area contributed by atoms with Gasteiger partial charge in [0.25, 0.3) is 0 Å². The molecule has 0 aliphatic heterocycles. The molecule has 0 aliphatic rings. The Hall–Kier alpha value is -1.82. The maximum Gasteiger partial charge on any atom is 0.223 e. The van der Waals surface area contributed by atoms with Crippen molar-refractivity contribution in [1.82, 2.24) is 5.32 Å². The topological polar surface area (TPSA) is 52.9 Å². The number of carbonyl (C=O) groups is 1. The Morgan fingerprint density at radius 3 is 2.41 bits per heavy atom. The second kappa shape index (κ2) is 6.05. The Kier molecular flexibility index (Phi) is 4.71. The summed E-state index contributed by atoms with van der Waals surface area (Å²) in [6.07, 6.45) is 0.839. The Morgan fingerprint density at radius 2 is 1.94 bits per heavy atom. The predicted molar refractivity (Wildman–Crippen MR) is 67.2 cm³/mol. The molecule has 1 N–H and O–H groups in total. The lowest BCUT2D eigenvalue weighted by atomic mass is 10.0. The van der Waals surface area contributed by atoms with Crippen molar-refractivity contribution in [1.29, 1.82) is 5.26 Å². The van der Waals surface area contributed by atoms with Gasteiger partial charge in [0.1, 0.15) is 0 Å². The van der Waals surface area contributed by atoms with Crippen LogP contribution in [0.25, 0.3) is 0 Å². The normalized spacial score (nSPS) is 13.5. The molecule has 0 heterocycles. The van der Waals surface area contributed by atoms with Crippen LogP contribution in [0.15, 0.2) is 24.3 Å². The maximum atomic E-state index is 11.7. The second-order valence-corrected chi connectivity index (χ2v) is 4.27. The molecular formula is C14H18N2O. The minimum absolute atomic E-state index is 0.0238. The number of nitrogens with zero attached hydrogens (tertiary/aromatic N) is 1. The maximum absolute atomic E-state index is 11.7. The van der Waals surface area contributed by atoms with Gasteiger partial charge in [0, 0.05) is 5.92 Å². The van der Waals surface area contributed by atoms with Crippen molar-refractivity contribution >= 4 is 5.91 Å². The summed E-state index contributed by atoms with van der Waals surface area (Å²) >= 11 is 0. The second-order valence-electron chi connectivity index (χ2n) is 4.27. The highest BCUT2D eigenvalue weighted by Crippen LogP contribution is 2.14. The summed E-state index contributed by atoms with van der Waals surface area (Å²) in [4.78, 5) is 11.7. The van der Waals surface area contributed by atoms with Crippen molar-refractivity contribution in [3.05, 3.63) is 35.4 Å². The third-order valence-electron chi connectivity index (χ3n) is 2.96. The number of amides is 1. The largest absolute Gasteiger partial charge is 0.349 e. The highest BCUT2D eigenvalue weighted by atomic mass is 16.1. The van der Waals surface area contributed by atoms with E-state index in [1.54, 1.807) is 12.1 Å². The molecular weight excluding hydrogens is 212 g/mol. The molecule has 1 aromatic carbocycles. The monoisotopic (exact) mass is 230 g/mol. The Bertz CT molecular complexity index is 417. The Labute approximate surface area is 102 Å². The molecule has 2 unspecified atom stereocenters. The summed E-state index contributed by atoms with van der Waals surface area (Å²) in [7, 11) is 0. The lowest BCUT2D eigenvalue weighted by molar-refractivity contribution is -0.125. The van der Waals surface area contributed by atoms with Gasteiger partial charge in [-0.15, -0.1) is 0 Å². The summed E-state index contributed by atoms with van der Waals surface area (Å²) in [6.45, 7) is 5.86. The average molecular weight is 230 g/mol. The summed E-state index contributed by atoms with van der Waals surface area (Å²) in [5.41, 5.74) is 1.65. The van der Waals surface area contributed by atoms with E-state index in [0.29, 0.717) is 5.56 Å². The highest BCUT2D eigenvalue weighted by molar-refractivity contribution is 5.78. The summed E-state index contributed by atoms with van der Waals surface area (Å²) in [6, 6.07) is 9.33. The molecule has 1 rings (SSSR count). The van der Waals surface area contributed by atoms with Gasteiger partial charge in [0.05, 0.1) is 17.7 Å². The van der Waals surface area contributed by atoms with Crippen LogP contribution in [0.1, 0.15) is 44.4 Å². The molecule has 90 valence electrons. The molecule has 1 aromatic rings. The van der Waals surface area contributed by atoms with E-state index in [1.165, 1.54) is 0 Å². The molecule has 0 aromatic heterocycles. The van der Waals surface area contributed by atoms with E-state index in [4.69, 9.17) is 5.26 Å². The van der Waals surface area contributed by atoms with Crippen LogP contribution in [0.3, 0.4) is 0 Å². The molecule has 0 saturated heterocycles. The fourth-order valence-corrected chi connectivity index (χ4v) is 1.47. The number of nitrogens with one attached hydrogen (secondary N) is 1. The first-order valence-corrected chi connectivity index (χ1v) is 5.89. The van der Waals surface area contributed by atoms with Gasteiger partial charge >= 0.3 is 0 Å². The van der Waals surface area contributed by atoms with E-state index in [0.717, 1.165) is 12.0 Å². The number of nitriles is 1. The quantitative estimate of drug-likeness (QED) is 0.864. The molecule has 2 atom stereocenters. The van der Waals surface area contributed by atoms with Crippen LogP contribution in [0.2, 0.25) is 0 Å². The molecule has 1 amide bonds. The molecule has 3 nitrogen and oxygen atoms in total. The van der Waals surface area contributed by atoms with Gasteiger partial charge in [0.2, 0.25) is 5.91 Å². The first-order valence-electron chi connectivity index (χ1n) is 5.89. The lowest BCUT2D eigenvalue weighted by Gasteiger charge is -2.17. The van der Waals surface area contributed by atoms with E-state index in [-0.39, 0.29) is 17.9 Å². The van der Waals surface area contributed by atoms with Gasteiger partial charge in [0.15, 0.2) is 0 Å². The minimum Gasteiger partial charge on any atom is -0.349 e. The first-order chi connectivity index (χ1) is 8.08. The van der Waals surface area contributed by atoms with Crippen molar-refractivity contribution in [2.45, 2.75) is 33.2 Å². The van der Waals surface area contributed by atoms with Crippen molar-refractivity contribution in [2.75, 3.05) is 0 Å². The van der Waals surface area contributed by atoms with Crippen molar-refractivity contribution in [3.8, 4) is 6.07 Å². The van der Waals surface area contributed by atoms with Crippen molar-refractivity contribution in [3.63, 3.8) is 0 Å². The summed E-state index contributed by atoms with van der Waals surface area (Å²) < 4.78 is 0. The van der Waals surface area contributed by atoms with Gasteiger partial charge in [-0.3, -0.25) is 4.79 Å². The van der Waals surface area contributed by atoms with Crippen LogP contribution in [0, 0.1) is 17.2 Å². The SMILES string of the molecule is CCC(C)C(=O)NC(C)c1ccc(C#N)cc1. The minimum atomic E-state index is -0.0238. The van der Waals surface area contributed by atoms with E-state index in [1.807, 2.05) is 32.9 Å². The van der Waals surface area contributed by atoms with Gasteiger partial charge in [-0.25, -0.2) is 0 Å². The number of carbonyl (C=O) groups excluding carboxylic acids is 1. The smallest absolute Gasteiger partial charge is 0.223 e. The average Bonchev–Trinajstić information content (AvgIpc) is 2.37. The predicted octanol–water partition coefficient (Wildman–Crippen LogP) is 2.78. The Balaban J connectivity index is 2.67. The zero-order valence-electron chi connectivity index (χ0n) is 10.5. The van der Waals surface area contributed by atoms with Gasteiger partial charge < -0.3 is 5.32 Å². The zero-order valence-corrected chi connectivity index (χ0v) is 10.5. The molecule has 0 bridgehead atoms. The highest BCUT2D eigenvalue weighted by Gasteiger charge is 2.14. The van der Waals surface area contributed by atoms with Crippen LogP contribution in [0.5, 0.6) is 0 Å². The van der Waals surface area contributed by atoms with Gasteiger partial charge in [-0.05, 0) is 31.0 Å². The van der Waals surface area contributed by atoms with Crippen LogP contribution in [-0.4, -0.2) is 5.91 Å².